The predicted molar refractivity (Wildman–Crippen MR) is 54.9 cm³/mol. The molecule has 0 saturated carbocycles. The Kier molecular flexibility index (Phi) is 3.62. The van der Waals surface area contributed by atoms with Crippen molar-refractivity contribution in [1.82, 2.24) is 10.6 Å². The number of nitrogens with zero attached hydrogens (tertiary/aromatic N) is 1. The van der Waals surface area contributed by atoms with Crippen LogP contribution in [0, 0.1) is 0 Å². The fourth-order valence-corrected chi connectivity index (χ4v) is 2.49. The monoisotopic (exact) mass is 181 g/mol. The molecule has 75 valence electrons. The van der Waals surface area contributed by atoms with Crippen molar-refractivity contribution < 1.29 is 0 Å². The average Bonchev–Trinajstić information content (AvgIpc) is 2.69. The Hall–Kier alpha value is -0.0800. The zero-order valence-corrected chi connectivity index (χ0v) is 8.47. The molecule has 13 heavy (non-hydrogen) atoms. The first-order valence-corrected chi connectivity index (χ1v) is 5.85. The second-order valence-electron chi connectivity index (χ2n) is 4.43. The zero-order valence-electron chi connectivity index (χ0n) is 8.47. The van der Waals surface area contributed by atoms with Gasteiger partial charge in [0.25, 0.3) is 0 Å². The minimum absolute atomic E-state index is 0.705. The first-order chi connectivity index (χ1) is 6.45. The molecule has 0 aliphatic carbocycles. The van der Waals surface area contributed by atoms with Crippen molar-refractivity contribution in [3.05, 3.63) is 0 Å². The van der Waals surface area contributed by atoms with Crippen LogP contribution in [-0.2, 0) is 0 Å². The second-order valence-corrected chi connectivity index (χ2v) is 4.43. The van der Waals surface area contributed by atoms with Crippen LogP contribution in [0.4, 0.5) is 0 Å². The summed E-state index contributed by atoms with van der Waals surface area (Å²) in [7, 11) is 0. The van der Waals surface area contributed by atoms with Gasteiger partial charge in [-0.1, -0.05) is 6.42 Å². The highest BCUT2D eigenvalue weighted by Crippen LogP contribution is 2.17. The predicted octanol–water partition coefficient (Wildman–Crippen LogP) is 1.68. The number of hydrogen-bond acceptors (Lipinski definition) is 1. The Morgan fingerprint density at radius 3 is 2.77 bits per heavy atom. The summed E-state index contributed by atoms with van der Waals surface area (Å²) in [6.45, 7) is 2.37. The molecule has 0 aromatic heterocycles. The van der Waals surface area contributed by atoms with Crippen LogP contribution in [0.5, 0.6) is 0 Å². The molecule has 2 unspecified atom stereocenters. The summed E-state index contributed by atoms with van der Waals surface area (Å²) in [6, 6.07) is 1.52. The summed E-state index contributed by atoms with van der Waals surface area (Å²) < 4.78 is 0. The molecule has 0 amide bonds. The molecule has 0 aromatic carbocycles. The molecule has 2 saturated heterocycles. The van der Waals surface area contributed by atoms with Gasteiger partial charge in [0, 0.05) is 18.6 Å². The van der Waals surface area contributed by atoms with Crippen molar-refractivity contribution >= 4 is 0 Å². The van der Waals surface area contributed by atoms with Gasteiger partial charge in [0.2, 0.25) is 0 Å². The number of piperidine rings is 1. The molecule has 1 radical (unpaired) electrons. The van der Waals surface area contributed by atoms with E-state index in [2.05, 4.69) is 10.6 Å². The fourth-order valence-electron chi connectivity index (χ4n) is 2.49. The lowest BCUT2D eigenvalue weighted by atomic mass is 9.98. The first kappa shape index (κ1) is 9.47. The van der Waals surface area contributed by atoms with E-state index in [0.29, 0.717) is 6.04 Å². The summed E-state index contributed by atoms with van der Waals surface area (Å²) in [5.74, 6) is 0. The largest absolute Gasteiger partial charge is 0.314 e. The van der Waals surface area contributed by atoms with E-state index in [9.17, 15) is 0 Å². The van der Waals surface area contributed by atoms with Gasteiger partial charge >= 0.3 is 0 Å². The third kappa shape index (κ3) is 2.96. The Labute approximate surface area is 81.5 Å². The smallest absolute Gasteiger partial charge is 0.0246 e. The molecule has 1 N–H and O–H groups in total. The summed E-state index contributed by atoms with van der Waals surface area (Å²) in [4.78, 5) is 0. The lowest BCUT2D eigenvalue weighted by Gasteiger charge is -2.22. The van der Waals surface area contributed by atoms with Crippen LogP contribution < -0.4 is 10.6 Å². The molecule has 0 bridgehead atoms. The quantitative estimate of drug-likeness (QED) is 0.704. The average molecular weight is 181 g/mol. The third-order valence-corrected chi connectivity index (χ3v) is 3.34. The number of hydrogen-bond donors (Lipinski definition) is 1. The number of rotatable bonds is 3. The third-order valence-electron chi connectivity index (χ3n) is 3.34. The van der Waals surface area contributed by atoms with Crippen molar-refractivity contribution in [2.75, 3.05) is 13.1 Å². The van der Waals surface area contributed by atoms with E-state index in [1.165, 1.54) is 51.5 Å². The maximum Gasteiger partial charge on any atom is 0.0246 e. The summed E-state index contributed by atoms with van der Waals surface area (Å²) >= 11 is 0. The highest BCUT2D eigenvalue weighted by Gasteiger charge is 2.18. The van der Waals surface area contributed by atoms with Gasteiger partial charge in [-0.3, -0.25) is 0 Å². The molecule has 2 atom stereocenters. The molecule has 2 aliphatic heterocycles. The Balaban J connectivity index is 1.60. The maximum absolute atomic E-state index is 4.66. The molecular formula is C11H21N2. The molecule has 2 aliphatic rings. The van der Waals surface area contributed by atoms with Crippen molar-refractivity contribution in [3.63, 3.8) is 0 Å². The summed E-state index contributed by atoms with van der Waals surface area (Å²) in [5, 5.41) is 8.22. The molecular weight excluding hydrogens is 160 g/mol. The van der Waals surface area contributed by atoms with E-state index >= 15 is 0 Å². The standard InChI is InChI=1S/C11H21N2/c1-2-8-12-10(4-1)6-7-11-5-3-9-13-11/h10-11,13H,1-9H2. The Morgan fingerprint density at radius 1 is 1.08 bits per heavy atom. The molecule has 2 rings (SSSR count). The van der Waals surface area contributed by atoms with E-state index in [1.54, 1.807) is 0 Å². The molecule has 2 fully saturated rings. The van der Waals surface area contributed by atoms with Crippen LogP contribution in [0.25, 0.3) is 0 Å². The molecule has 2 heterocycles. The maximum atomic E-state index is 4.66. The lowest BCUT2D eigenvalue weighted by molar-refractivity contribution is 0.353. The van der Waals surface area contributed by atoms with Crippen LogP contribution in [0.2, 0.25) is 0 Å². The highest BCUT2D eigenvalue weighted by atomic mass is 14.9. The highest BCUT2D eigenvalue weighted by molar-refractivity contribution is 4.78. The molecule has 0 spiro atoms. The Bertz CT molecular complexity index is 135. The van der Waals surface area contributed by atoms with E-state index in [-0.39, 0.29) is 0 Å². The topological polar surface area (TPSA) is 26.1 Å². The first-order valence-electron chi connectivity index (χ1n) is 5.85. The number of nitrogens with one attached hydrogen (secondary N) is 1. The van der Waals surface area contributed by atoms with Gasteiger partial charge < -0.3 is 5.32 Å². The summed E-state index contributed by atoms with van der Waals surface area (Å²) in [5.41, 5.74) is 0. The minimum Gasteiger partial charge on any atom is -0.314 e. The normalized spacial score (nSPS) is 35.1. The molecule has 2 nitrogen and oxygen atoms in total. The lowest BCUT2D eigenvalue weighted by Crippen LogP contribution is -2.30. The van der Waals surface area contributed by atoms with Crippen LogP contribution >= 0.6 is 0 Å². The van der Waals surface area contributed by atoms with Gasteiger partial charge in [0.15, 0.2) is 0 Å². The van der Waals surface area contributed by atoms with E-state index in [0.717, 1.165) is 12.6 Å². The SMILES string of the molecule is C1CCC(CCC2CCCN2)[N]C1. The minimum atomic E-state index is 0.705. The van der Waals surface area contributed by atoms with Gasteiger partial charge in [0.05, 0.1) is 0 Å². The Morgan fingerprint density at radius 2 is 2.08 bits per heavy atom. The van der Waals surface area contributed by atoms with E-state index in [4.69, 9.17) is 0 Å². The zero-order chi connectivity index (χ0) is 8.93. The second kappa shape index (κ2) is 4.97. The van der Waals surface area contributed by atoms with Crippen LogP contribution in [-0.4, -0.2) is 25.2 Å². The van der Waals surface area contributed by atoms with E-state index < -0.39 is 0 Å². The van der Waals surface area contributed by atoms with Gasteiger partial charge in [0.1, 0.15) is 0 Å². The van der Waals surface area contributed by atoms with E-state index in [1.807, 2.05) is 0 Å². The van der Waals surface area contributed by atoms with Gasteiger partial charge in [-0.05, 0) is 45.1 Å². The van der Waals surface area contributed by atoms with Crippen molar-refractivity contribution in [2.24, 2.45) is 0 Å². The van der Waals surface area contributed by atoms with Gasteiger partial charge in [-0.2, -0.15) is 0 Å². The van der Waals surface area contributed by atoms with Crippen LogP contribution in [0.3, 0.4) is 0 Å². The van der Waals surface area contributed by atoms with Gasteiger partial charge in [-0.25, -0.2) is 5.32 Å². The van der Waals surface area contributed by atoms with Gasteiger partial charge in [-0.15, -0.1) is 0 Å². The fraction of sp³-hybridized carbons (Fsp3) is 1.00. The van der Waals surface area contributed by atoms with Crippen molar-refractivity contribution in [1.29, 1.82) is 0 Å². The van der Waals surface area contributed by atoms with Crippen LogP contribution in [0.15, 0.2) is 0 Å². The van der Waals surface area contributed by atoms with Crippen LogP contribution in [0.1, 0.15) is 44.9 Å². The molecule has 2 heteroatoms. The van der Waals surface area contributed by atoms with Crippen molar-refractivity contribution in [2.45, 2.75) is 57.0 Å². The van der Waals surface area contributed by atoms with Crippen molar-refractivity contribution in [3.8, 4) is 0 Å². The molecule has 0 aromatic rings. The summed E-state index contributed by atoms with van der Waals surface area (Å²) in [6.07, 6.45) is 9.56.